The number of hydrogen-bond donors (Lipinski definition) is 1. The van der Waals surface area contributed by atoms with Crippen LogP contribution >= 0.6 is 0 Å². The van der Waals surface area contributed by atoms with Crippen LogP contribution in [0.25, 0.3) is 0 Å². The number of hydrogen-bond acceptors (Lipinski definition) is 6. The molecule has 0 aromatic heterocycles. The third-order valence-corrected chi connectivity index (χ3v) is 5.14. The molecule has 0 unspecified atom stereocenters. The zero-order chi connectivity index (χ0) is 21.4. The van der Waals surface area contributed by atoms with E-state index in [4.69, 9.17) is 14.2 Å². The number of amides is 1. The Balaban J connectivity index is 1.96. The van der Waals surface area contributed by atoms with Gasteiger partial charge in [0.05, 0.1) is 32.2 Å². The van der Waals surface area contributed by atoms with E-state index >= 15 is 0 Å². The monoisotopic (exact) mass is 422 g/mol. The molecule has 29 heavy (non-hydrogen) atoms. The summed E-state index contributed by atoms with van der Waals surface area (Å²) in [5.74, 6) is 1.42. The summed E-state index contributed by atoms with van der Waals surface area (Å²) in [6, 6.07) is 13.3. The van der Waals surface area contributed by atoms with Crippen LogP contribution in [0.5, 0.6) is 17.2 Å². The van der Waals surface area contributed by atoms with E-state index < -0.39 is 15.9 Å². The molecule has 2 aromatic rings. The van der Waals surface area contributed by atoms with E-state index in [-0.39, 0.29) is 19.2 Å². The summed E-state index contributed by atoms with van der Waals surface area (Å²) in [4.78, 5) is 12.4. The van der Waals surface area contributed by atoms with Gasteiger partial charge in [-0.2, -0.15) is 0 Å². The summed E-state index contributed by atoms with van der Waals surface area (Å²) < 4.78 is 41.3. The van der Waals surface area contributed by atoms with E-state index in [9.17, 15) is 13.2 Å². The highest BCUT2D eigenvalue weighted by Gasteiger charge is 2.22. The van der Waals surface area contributed by atoms with Crippen LogP contribution in [0.3, 0.4) is 0 Å². The minimum absolute atomic E-state index is 0.232. The lowest BCUT2D eigenvalue weighted by atomic mass is 10.3. The van der Waals surface area contributed by atoms with Crippen molar-refractivity contribution >= 4 is 21.6 Å². The van der Waals surface area contributed by atoms with Gasteiger partial charge in [-0.25, -0.2) is 8.42 Å². The van der Waals surface area contributed by atoms with Gasteiger partial charge in [-0.05, 0) is 43.3 Å². The highest BCUT2D eigenvalue weighted by molar-refractivity contribution is 7.92. The highest BCUT2D eigenvalue weighted by atomic mass is 32.2. The summed E-state index contributed by atoms with van der Waals surface area (Å²) in [5, 5.41) is 2.75. The molecule has 158 valence electrons. The van der Waals surface area contributed by atoms with Gasteiger partial charge in [-0.15, -0.1) is 0 Å². The van der Waals surface area contributed by atoms with Crippen molar-refractivity contribution < 1.29 is 27.4 Å². The first kappa shape index (κ1) is 22.4. The SMILES string of the molecule is COc1ccc(OC[C@@H](C)NC(=O)CN(c2cccc(OC)c2)S(C)(=O)=O)cc1. The predicted molar refractivity (Wildman–Crippen MR) is 111 cm³/mol. The number of nitrogens with one attached hydrogen (secondary N) is 1. The van der Waals surface area contributed by atoms with Gasteiger partial charge in [0.1, 0.15) is 30.4 Å². The summed E-state index contributed by atoms with van der Waals surface area (Å²) in [5.41, 5.74) is 0.351. The molecule has 0 spiro atoms. The average Bonchev–Trinajstić information content (AvgIpc) is 2.70. The molecule has 0 saturated carbocycles. The molecular formula is C20H26N2O6S. The number of nitrogens with zero attached hydrogens (tertiary/aromatic N) is 1. The van der Waals surface area contributed by atoms with Crippen LogP contribution < -0.4 is 23.8 Å². The zero-order valence-electron chi connectivity index (χ0n) is 16.9. The number of methoxy groups -OCH3 is 2. The fraction of sp³-hybridized carbons (Fsp3) is 0.350. The topological polar surface area (TPSA) is 94.2 Å². The minimum Gasteiger partial charge on any atom is -0.497 e. The Morgan fingerprint density at radius 2 is 1.66 bits per heavy atom. The summed E-state index contributed by atoms with van der Waals surface area (Å²) in [6.07, 6.45) is 1.05. The molecule has 1 N–H and O–H groups in total. The number of rotatable bonds is 10. The Morgan fingerprint density at radius 1 is 1.03 bits per heavy atom. The van der Waals surface area contributed by atoms with E-state index in [0.29, 0.717) is 17.2 Å². The van der Waals surface area contributed by atoms with Gasteiger partial charge in [0, 0.05) is 6.07 Å². The van der Waals surface area contributed by atoms with Crippen molar-refractivity contribution in [3.63, 3.8) is 0 Å². The van der Waals surface area contributed by atoms with Gasteiger partial charge in [-0.1, -0.05) is 6.07 Å². The summed E-state index contributed by atoms with van der Waals surface area (Å²) >= 11 is 0. The van der Waals surface area contributed by atoms with E-state index in [1.807, 2.05) is 0 Å². The largest absolute Gasteiger partial charge is 0.497 e. The maximum Gasteiger partial charge on any atom is 0.241 e. The first-order valence-electron chi connectivity index (χ1n) is 8.91. The van der Waals surface area contributed by atoms with Crippen LogP contribution in [0.15, 0.2) is 48.5 Å². The third kappa shape index (κ3) is 6.86. The quantitative estimate of drug-likeness (QED) is 0.630. The maximum atomic E-state index is 12.4. The van der Waals surface area contributed by atoms with Crippen molar-refractivity contribution in [2.45, 2.75) is 13.0 Å². The highest BCUT2D eigenvalue weighted by Crippen LogP contribution is 2.23. The molecule has 0 aliphatic heterocycles. The second kappa shape index (κ2) is 10.0. The Bertz CT molecular complexity index is 915. The molecule has 0 aliphatic carbocycles. The number of ether oxygens (including phenoxy) is 3. The molecule has 0 bridgehead atoms. The second-order valence-electron chi connectivity index (χ2n) is 6.43. The van der Waals surface area contributed by atoms with Crippen LogP contribution in [0.2, 0.25) is 0 Å². The predicted octanol–water partition coefficient (Wildman–Crippen LogP) is 2.05. The third-order valence-electron chi connectivity index (χ3n) is 4.00. The lowest BCUT2D eigenvalue weighted by molar-refractivity contribution is -0.120. The smallest absolute Gasteiger partial charge is 0.241 e. The van der Waals surface area contributed by atoms with Gasteiger partial charge in [0.2, 0.25) is 15.9 Å². The van der Waals surface area contributed by atoms with Crippen molar-refractivity contribution in [1.82, 2.24) is 5.32 Å². The molecule has 0 aliphatic rings. The lowest BCUT2D eigenvalue weighted by Crippen LogP contribution is -2.44. The first-order valence-corrected chi connectivity index (χ1v) is 10.8. The molecule has 0 fully saturated rings. The summed E-state index contributed by atoms with van der Waals surface area (Å²) in [6.45, 7) is 1.66. The van der Waals surface area contributed by atoms with Crippen LogP contribution in [0.4, 0.5) is 5.69 Å². The molecule has 1 amide bonds. The van der Waals surface area contributed by atoms with Gasteiger partial charge in [0.25, 0.3) is 0 Å². The van der Waals surface area contributed by atoms with Gasteiger partial charge >= 0.3 is 0 Å². The molecule has 1 atom stereocenters. The van der Waals surface area contributed by atoms with E-state index in [0.717, 1.165) is 16.3 Å². The normalized spacial score (nSPS) is 12.0. The molecule has 0 saturated heterocycles. The van der Waals surface area contributed by atoms with Gasteiger partial charge < -0.3 is 19.5 Å². The van der Waals surface area contributed by atoms with E-state index in [2.05, 4.69) is 5.32 Å². The molecule has 2 rings (SSSR count). The molecule has 0 radical (unpaired) electrons. The van der Waals surface area contributed by atoms with Crippen molar-refractivity contribution in [3.8, 4) is 17.2 Å². The van der Waals surface area contributed by atoms with Gasteiger partial charge in [0.15, 0.2) is 0 Å². The Hall–Kier alpha value is -2.94. The number of anilines is 1. The van der Waals surface area contributed by atoms with Crippen LogP contribution in [0.1, 0.15) is 6.92 Å². The number of carbonyl (C=O) groups excluding carboxylic acids is 1. The van der Waals surface area contributed by atoms with Crippen molar-refractivity contribution in [2.75, 3.05) is 37.9 Å². The Kier molecular flexibility index (Phi) is 7.72. The van der Waals surface area contributed by atoms with Gasteiger partial charge in [-0.3, -0.25) is 9.10 Å². The zero-order valence-corrected chi connectivity index (χ0v) is 17.7. The fourth-order valence-corrected chi connectivity index (χ4v) is 3.40. The Morgan fingerprint density at radius 3 is 2.24 bits per heavy atom. The first-order chi connectivity index (χ1) is 13.7. The van der Waals surface area contributed by atoms with Crippen LogP contribution in [0, 0.1) is 0 Å². The summed E-state index contributed by atoms with van der Waals surface area (Å²) in [7, 11) is -0.593. The maximum absolute atomic E-state index is 12.4. The number of carbonyl (C=O) groups is 1. The lowest BCUT2D eigenvalue weighted by Gasteiger charge is -2.23. The van der Waals surface area contributed by atoms with Crippen LogP contribution in [-0.2, 0) is 14.8 Å². The van der Waals surface area contributed by atoms with Crippen LogP contribution in [-0.4, -0.2) is 54.0 Å². The standard InChI is InChI=1S/C20H26N2O6S/c1-15(14-28-18-10-8-17(26-2)9-11-18)21-20(23)13-22(29(4,24)25)16-6-5-7-19(12-16)27-3/h5-12,15H,13-14H2,1-4H3,(H,21,23)/t15-/m1/s1. The molecular weight excluding hydrogens is 396 g/mol. The number of benzene rings is 2. The minimum atomic E-state index is -3.66. The fourth-order valence-electron chi connectivity index (χ4n) is 2.55. The second-order valence-corrected chi connectivity index (χ2v) is 8.33. The van der Waals surface area contributed by atoms with E-state index in [1.165, 1.54) is 7.11 Å². The molecule has 8 nitrogen and oxygen atoms in total. The van der Waals surface area contributed by atoms with Crippen molar-refractivity contribution in [1.29, 1.82) is 0 Å². The number of sulfonamides is 1. The van der Waals surface area contributed by atoms with Crippen molar-refractivity contribution in [2.24, 2.45) is 0 Å². The molecule has 9 heteroatoms. The molecule has 2 aromatic carbocycles. The Labute approximate surface area is 171 Å². The molecule has 0 heterocycles. The average molecular weight is 423 g/mol. The van der Waals surface area contributed by atoms with Crippen molar-refractivity contribution in [3.05, 3.63) is 48.5 Å². The van der Waals surface area contributed by atoms with E-state index in [1.54, 1.807) is 62.6 Å².